The van der Waals surface area contributed by atoms with Gasteiger partial charge in [-0.05, 0) is 25.1 Å². The van der Waals surface area contributed by atoms with Gasteiger partial charge in [0.15, 0.2) is 11.5 Å². The molecule has 28 heavy (non-hydrogen) atoms. The third-order valence-corrected chi connectivity index (χ3v) is 4.54. The van der Waals surface area contributed by atoms with E-state index in [1.165, 1.54) is 25.1 Å². The van der Waals surface area contributed by atoms with Gasteiger partial charge in [0.1, 0.15) is 5.69 Å². The van der Waals surface area contributed by atoms with Crippen LogP contribution in [-0.4, -0.2) is 56.2 Å². The van der Waals surface area contributed by atoms with Crippen LogP contribution in [0.3, 0.4) is 0 Å². The highest BCUT2D eigenvalue weighted by Gasteiger charge is 2.22. The lowest BCUT2D eigenvalue weighted by molar-refractivity contribution is 0.102. The van der Waals surface area contributed by atoms with Crippen LogP contribution in [0.1, 0.15) is 17.3 Å². The van der Waals surface area contributed by atoms with Crippen LogP contribution in [0.5, 0.6) is 11.5 Å². The van der Waals surface area contributed by atoms with Gasteiger partial charge in [-0.1, -0.05) is 0 Å². The molecule has 1 aromatic heterocycles. The van der Waals surface area contributed by atoms with Gasteiger partial charge in [-0.25, -0.2) is 4.68 Å². The van der Waals surface area contributed by atoms with E-state index in [0.29, 0.717) is 61.3 Å². The van der Waals surface area contributed by atoms with Crippen LogP contribution in [0.2, 0.25) is 0 Å². The maximum Gasteiger partial charge on any atom is 0.292 e. The molecule has 0 spiro atoms. The Labute approximate surface area is 162 Å². The van der Waals surface area contributed by atoms with Crippen LogP contribution in [0.15, 0.2) is 29.2 Å². The Morgan fingerprint density at radius 3 is 2.57 bits per heavy atom. The molecule has 150 valence electrons. The molecule has 0 unspecified atom stereocenters. The Balaban J connectivity index is 1.94. The highest BCUT2D eigenvalue weighted by molar-refractivity contribution is 6.06. The predicted molar refractivity (Wildman–Crippen MR) is 105 cm³/mol. The number of carbonyl (C=O) groups excluding carboxylic acids is 1. The molecule has 2 heterocycles. The first-order valence-corrected chi connectivity index (χ1v) is 9.05. The summed E-state index contributed by atoms with van der Waals surface area (Å²) in [5.41, 5.74) is 0.935. The van der Waals surface area contributed by atoms with E-state index in [1.54, 1.807) is 18.2 Å². The normalized spacial score (nSPS) is 13.9. The highest BCUT2D eigenvalue weighted by atomic mass is 16.5. The van der Waals surface area contributed by atoms with Gasteiger partial charge in [-0.15, -0.1) is 0 Å². The second-order valence-electron chi connectivity index (χ2n) is 6.15. The number of carbonyl (C=O) groups is 1. The van der Waals surface area contributed by atoms with Gasteiger partial charge in [0, 0.05) is 25.2 Å². The van der Waals surface area contributed by atoms with Gasteiger partial charge < -0.3 is 24.4 Å². The zero-order chi connectivity index (χ0) is 20.1. The smallest absolute Gasteiger partial charge is 0.292 e. The molecule has 3 rings (SSSR count). The minimum Gasteiger partial charge on any atom is -0.493 e. The summed E-state index contributed by atoms with van der Waals surface area (Å²) in [4.78, 5) is 27.6. The fraction of sp³-hybridized carbons (Fsp3) is 0.421. The summed E-state index contributed by atoms with van der Waals surface area (Å²) in [6, 6.07) is 4.87. The number of amides is 1. The van der Waals surface area contributed by atoms with Gasteiger partial charge >= 0.3 is 0 Å². The van der Waals surface area contributed by atoms with E-state index >= 15 is 0 Å². The second-order valence-corrected chi connectivity index (χ2v) is 6.15. The average molecular weight is 388 g/mol. The molecule has 1 aliphatic heterocycles. The van der Waals surface area contributed by atoms with Crippen molar-refractivity contribution in [1.29, 1.82) is 0 Å². The van der Waals surface area contributed by atoms with Crippen molar-refractivity contribution in [2.45, 2.75) is 13.5 Å². The van der Waals surface area contributed by atoms with E-state index in [1.807, 2.05) is 11.8 Å². The molecule has 1 aromatic carbocycles. The molecule has 1 N–H and O–H groups in total. The average Bonchev–Trinajstić information content (AvgIpc) is 2.74. The van der Waals surface area contributed by atoms with Crippen LogP contribution in [0.25, 0.3) is 0 Å². The number of ether oxygens (including phenoxy) is 3. The van der Waals surface area contributed by atoms with Gasteiger partial charge in [0.2, 0.25) is 0 Å². The maximum atomic E-state index is 12.9. The van der Waals surface area contributed by atoms with Crippen molar-refractivity contribution in [2.75, 3.05) is 50.7 Å². The number of nitrogens with one attached hydrogen (secondary N) is 1. The molecule has 1 saturated heterocycles. The van der Waals surface area contributed by atoms with Gasteiger partial charge in [0.05, 0.1) is 39.3 Å². The second kappa shape index (κ2) is 8.75. The lowest BCUT2D eigenvalue weighted by Crippen LogP contribution is -2.41. The minimum absolute atomic E-state index is 0.241. The van der Waals surface area contributed by atoms with Crippen molar-refractivity contribution < 1.29 is 19.0 Å². The zero-order valence-corrected chi connectivity index (χ0v) is 16.2. The molecule has 0 aliphatic carbocycles. The summed E-state index contributed by atoms with van der Waals surface area (Å²) in [6.07, 6.45) is 1.51. The summed E-state index contributed by atoms with van der Waals surface area (Å²) in [5.74, 6) is 0.606. The third-order valence-electron chi connectivity index (χ3n) is 4.54. The molecule has 2 aromatic rings. The first-order valence-electron chi connectivity index (χ1n) is 9.05. The number of hydrogen-bond donors (Lipinski definition) is 1. The first-order chi connectivity index (χ1) is 13.6. The number of benzene rings is 1. The van der Waals surface area contributed by atoms with Gasteiger partial charge in [0.25, 0.3) is 11.5 Å². The SMILES string of the molecule is CCn1ncc(NC(=O)c2ccc(OC)c(OC)c2)c(N2CCOCC2)c1=O. The molecule has 0 atom stereocenters. The Kier molecular flexibility index (Phi) is 6.15. The molecule has 1 amide bonds. The van der Waals surface area contributed by atoms with Crippen molar-refractivity contribution >= 4 is 17.3 Å². The van der Waals surface area contributed by atoms with E-state index in [4.69, 9.17) is 14.2 Å². The summed E-state index contributed by atoms with van der Waals surface area (Å²) < 4.78 is 17.2. The highest BCUT2D eigenvalue weighted by Crippen LogP contribution is 2.28. The molecule has 9 nitrogen and oxygen atoms in total. The van der Waals surface area contributed by atoms with Crippen molar-refractivity contribution in [1.82, 2.24) is 9.78 Å². The number of anilines is 2. The molecule has 9 heteroatoms. The number of rotatable bonds is 6. The number of nitrogens with zero attached hydrogens (tertiary/aromatic N) is 3. The van der Waals surface area contributed by atoms with E-state index in [-0.39, 0.29) is 11.5 Å². The molecule has 0 saturated carbocycles. The van der Waals surface area contributed by atoms with Crippen molar-refractivity contribution in [3.8, 4) is 11.5 Å². The Hall–Kier alpha value is -3.07. The minimum atomic E-state index is -0.370. The van der Waals surface area contributed by atoms with Crippen LogP contribution in [0.4, 0.5) is 11.4 Å². The number of aryl methyl sites for hydroxylation is 1. The molecule has 0 radical (unpaired) electrons. The molecule has 0 bridgehead atoms. The molecular weight excluding hydrogens is 364 g/mol. The van der Waals surface area contributed by atoms with Crippen molar-refractivity contribution in [2.24, 2.45) is 0 Å². The largest absolute Gasteiger partial charge is 0.493 e. The lowest BCUT2D eigenvalue weighted by atomic mass is 10.2. The van der Waals surface area contributed by atoms with E-state index in [0.717, 1.165) is 0 Å². The monoisotopic (exact) mass is 388 g/mol. The van der Waals surface area contributed by atoms with Gasteiger partial charge in [-0.3, -0.25) is 9.59 Å². The fourth-order valence-electron chi connectivity index (χ4n) is 3.06. The topological polar surface area (TPSA) is 94.9 Å². The summed E-state index contributed by atoms with van der Waals surface area (Å²) in [5, 5.41) is 6.96. The fourth-order valence-corrected chi connectivity index (χ4v) is 3.06. The van der Waals surface area contributed by atoms with Crippen LogP contribution in [-0.2, 0) is 11.3 Å². The molecule has 1 aliphatic rings. The van der Waals surface area contributed by atoms with Crippen LogP contribution >= 0.6 is 0 Å². The third kappa shape index (κ3) is 3.94. The molecule has 1 fully saturated rings. The summed E-state index contributed by atoms with van der Waals surface area (Å²) >= 11 is 0. The summed E-state index contributed by atoms with van der Waals surface area (Å²) in [7, 11) is 3.03. The zero-order valence-electron chi connectivity index (χ0n) is 16.2. The number of morpholine rings is 1. The van der Waals surface area contributed by atoms with E-state index in [2.05, 4.69) is 10.4 Å². The van der Waals surface area contributed by atoms with Crippen LogP contribution < -0.4 is 25.2 Å². The summed E-state index contributed by atoms with van der Waals surface area (Å²) in [6.45, 7) is 4.48. The Morgan fingerprint density at radius 2 is 1.93 bits per heavy atom. The number of aromatic nitrogens is 2. The van der Waals surface area contributed by atoms with Gasteiger partial charge in [-0.2, -0.15) is 5.10 Å². The van der Waals surface area contributed by atoms with E-state index in [9.17, 15) is 9.59 Å². The number of methoxy groups -OCH3 is 2. The maximum absolute atomic E-state index is 12.9. The Bertz CT molecular complexity index is 906. The van der Waals surface area contributed by atoms with Crippen molar-refractivity contribution in [3.63, 3.8) is 0 Å². The first kappa shape index (κ1) is 19.7. The lowest BCUT2D eigenvalue weighted by Gasteiger charge is -2.29. The van der Waals surface area contributed by atoms with Crippen molar-refractivity contribution in [3.05, 3.63) is 40.3 Å². The Morgan fingerprint density at radius 1 is 1.21 bits per heavy atom. The predicted octanol–water partition coefficient (Wildman–Crippen LogP) is 1.37. The van der Waals surface area contributed by atoms with Crippen LogP contribution in [0, 0.1) is 0 Å². The molecular formula is C19H24N4O5. The standard InChI is InChI=1S/C19H24N4O5/c1-4-23-19(25)17(22-7-9-28-10-8-22)14(12-20-23)21-18(24)13-5-6-15(26-2)16(11-13)27-3/h5-6,11-12H,4,7-10H2,1-3H3,(H,21,24). The number of hydrogen-bond acceptors (Lipinski definition) is 7. The van der Waals surface area contributed by atoms with E-state index < -0.39 is 0 Å². The quantitative estimate of drug-likeness (QED) is 0.799.